The van der Waals surface area contributed by atoms with Crippen LogP contribution in [0.5, 0.6) is 0 Å². The summed E-state index contributed by atoms with van der Waals surface area (Å²) in [4.78, 5) is 10.3. The van der Waals surface area contributed by atoms with Crippen LogP contribution in [0.2, 0.25) is 0 Å². The average molecular weight is 396 g/mol. The van der Waals surface area contributed by atoms with Crippen molar-refractivity contribution in [3.63, 3.8) is 0 Å². The van der Waals surface area contributed by atoms with Crippen molar-refractivity contribution in [3.8, 4) is 21.7 Å². The van der Waals surface area contributed by atoms with Crippen molar-refractivity contribution in [1.82, 2.24) is 9.97 Å². The van der Waals surface area contributed by atoms with Gasteiger partial charge in [0.1, 0.15) is 0 Å². The highest BCUT2D eigenvalue weighted by Crippen LogP contribution is 2.38. The Morgan fingerprint density at radius 3 is 2.85 bits per heavy atom. The Labute approximate surface area is 164 Å². The van der Waals surface area contributed by atoms with E-state index in [1.165, 1.54) is 5.56 Å². The lowest BCUT2D eigenvalue weighted by molar-refractivity contribution is 0.683. The molecule has 1 unspecified atom stereocenters. The second-order valence-corrected chi connectivity index (χ2v) is 9.88. The number of allylic oxidation sites excluding steroid dienone is 1. The molecule has 1 atom stereocenters. The van der Waals surface area contributed by atoms with Crippen LogP contribution in [0, 0.1) is 6.92 Å². The molecule has 0 aliphatic carbocycles. The molecular formula is C21H21N3OS2. The third-order valence-corrected chi connectivity index (χ3v) is 7.59. The van der Waals surface area contributed by atoms with Crippen LogP contribution in [0.1, 0.15) is 23.9 Å². The number of thiazole rings is 1. The summed E-state index contributed by atoms with van der Waals surface area (Å²) in [6.07, 6.45) is 5.38. The zero-order valence-corrected chi connectivity index (χ0v) is 17.0. The fourth-order valence-corrected chi connectivity index (χ4v) is 5.70. The van der Waals surface area contributed by atoms with E-state index in [2.05, 4.69) is 47.5 Å². The van der Waals surface area contributed by atoms with Crippen molar-refractivity contribution in [1.29, 1.82) is 0 Å². The topological polar surface area (TPSA) is 55.2 Å². The number of nitrogens with zero attached hydrogens (tertiary/aromatic N) is 3. The summed E-state index contributed by atoms with van der Waals surface area (Å²) in [7, 11) is -2.30. The smallest absolute Gasteiger partial charge is 0.162 e. The Morgan fingerprint density at radius 1 is 1.22 bits per heavy atom. The number of rotatable bonds is 4. The van der Waals surface area contributed by atoms with E-state index in [9.17, 15) is 4.21 Å². The molecule has 0 amide bonds. The molecule has 1 aromatic carbocycles. The third-order valence-electron chi connectivity index (χ3n) is 4.41. The predicted molar refractivity (Wildman–Crippen MR) is 114 cm³/mol. The highest BCUT2D eigenvalue weighted by Gasteiger charge is 2.16. The molecule has 4 nitrogen and oxygen atoms in total. The van der Waals surface area contributed by atoms with Gasteiger partial charge in [-0.1, -0.05) is 36.8 Å². The van der Waals surface area contributed by atoms with Crippen LogP contribution in [0.15, 0.2) is 58.4 Å². The Balaban J connectivity index is 1.82. The minimum atomic E-state index is -2.30. The first kappa shape index (κ1) is 18.1. The molecule has 0 spiro atoms. The van der Waals surface area contributed by atoms with Gasteiger partial charge in [0.25, 0.3) is 0 Å². The van der Waals surface area contributed by atoms with Crippen molar-refractivity contribution in [2.45, 2.75) is 26.7 Å². The standard InChI is InChI=1S/C21H21N3OS2/c1-3-19-23-20(16-8-6-7-15(2)13-16)21(26-19)17-9-10-22-18(14-17)24-27(25)11-4-5-12-27/h4,6-11,13-14H,3,5,12H2,1-2H3. The van der Waals surface area contributed by atoms with E-state index in [-0.39, 0.29) is 0 Å². The number of benzene rings is 1. The maximum absolute atomic E-state index is 12.7. The first-order chi connectivity index (χ1) is 13.1. The lowest BCUT2D eigenvalue weighted by atomic mass is 10.1. The minimum absolute atomic E-state index is 0.519. The van der Waals surface area contributed by atoms with E-state index in [1.54, 1.807) is 22.9 Å². The van der Waals surface area contributed by atoms with Crippen LogP contribution in [0.25, 0.3) is 21.7 Å². The Morgan fingerprint density at radius 2 is 2.11 bits per heavy atom. The molecule has 2 aromatic heterocycles. The molecular weight excluding hydrogens is 374 g/mol. The summed E-state index contributed by atoms with van der Waals surface area (Å²) in [6, 6.07) is 12.3. The lowest BCUT2D eigenvalue weighted by Crippen LogP contribution is -1.94. The van der Waals surface area contributed by atoms with Crippen molar-refractivity contribution in [3.05, 3.63) is 64.7 Å². The van der Waals surface area contributed by atoms with Crippen molar-refractivity contribution >= 4 is 26.9 Å². The van der Waals surface area contributed by atoms with Gasteiger partial charge in [0.2, 0.25) is 0 Å². The van der Waals surface area contributed by atoms with Gasteiger partial charge in [-0.2, -0.15) is 4.36 Å². The highest BCUT2D eigenvalue weighted by atomic mass is 32.2. The molecule has 3 aromatic rings. The first-order valence-electron chi connectivity index (χ1n) is 9.01. The second kappa shape index (κ2) is 7.37. The molecule has 6 heteroatoms. The zero-order valence-electron chi connectivity index (χ0n) is 15.4. The van der Waals surface area contributed by atoms with Gasteiger partial charge in [-0.05, 0) is 43.5 Å². The molecule has 0 fully saturated rings. The summed E-state index contributed by atoms with van der Waals surface area (Å²) < 4.78 is 17.1. The normalized spacial score (nSPS) is 18.7. The molecule has 138 valence electrons. The fraction of sp³-hybridized carbons (Fsp3) is 0.238. The van der Waals surface area contributed by atoms with Crippen molar-refractivity contribution in [2.24, 2.45) is 4.36 Å². The zero-order chi connectivity index (χ0) is 18.9. The third kappa shape index (κ3) is 3.87. The summed E-state index contributed by atoms with van der Waals surface area (Å²) in [6.45, 7) is 4.21. The largest absolute Gasteiger partial charge is 0.245 e. The monoisotopic (exact) mass is 395 g/mol. The summed E-state index contributed by atoms with van der Waals surface area (Å²) in [5.74, 6) is 1.10. The molecule has 0 radical (unpaired) electrons. The first-order valence-corrected chi connectivity index (χ1v) is 11.6. The van der Waals surface area contributed by atoms with Crippen molar-refractivity contribution in [2.75, 3.05) is 5.75 Å². The summed E-state index contributed by atoms with van der Waals surface area (Å²) in [5, 5.41) is 2.82. The van der Waals surface area contributed by atoms with Crippen LogP contribution in [0.3, 0.4) is 0 Å². The SMILES string of the molecule is CCc1nc(-c2cccc(C)c2)c(-c2ccnc(N=S3(=O)C=CCC3)c2)s1. The molecule has 3 heterocycles. The maximum Gasteiger partial charge on any atom is 0.162 e. The highest BCUT2D eigenvalue weighted by molar-refractivity contribution is 7.96. The minimum Gasteiger partial charge on any atom is -0.245 e. The molecule has 4 rings (SSSR count). The molecule has 0 bridgehead atoms. The summed E-state index contributed by atoms with van der Waals surface area (Å²) in [5.41, 5.74) is 4.32. The van der Waals surface area contributed by atoms with Crippen LogP contribution in [0.4, 0.5) is 5.82 Å². The van der Waals surface area contributed by atoms with Gasteiger partial charge in [0, 0.05) is 22.9 Å². The van der Waals surface area contributed by atoms with Crippen LogP contribution in [-0.2, 0) is 16.1 Å². The van der Waals surface area contributed by atoms with Gasteiger partial charge in [-0.25, -0.2) is 14.2 Å². The van der Waals surface area contributed by atoms with Crippen LogP contribution in [-0.4, -0.2) is 19.9 Å². The molecule has 0 saturated carbocycles. The van der Waals surface area contributed by atoms with Gasteiger partial charge >= 0.3 is 0 Å². The predicted octanol–water partition coefficient (Wildman–Crippen LogP) is 5.76. The van der Waals surface area contributed by atoms with Crippen LogP contribution < -0.4 is 0 Å². The van der Waals surface area contributed by atoms with Gasteiger partial charge in [-0.3, -0.25) is 0 Å². The second-order valence-electron chi connectivity index (χ2n) is 6.56. The van der Waals surface area contributed by atoms with Crippen LogP contribution >= 0.6 is 11.3 Å². The van der Waals surface area contributed by atoms with Gasteiger partial charge in [-0.15, -0.1) is 11.3 Å². The van der Waals surface area contributed by atoms with E-state index in [1.807, 2.05) is 18.2 Å². The molecule has 0 saturated heterocycles. The Bertz CT molecular complexity index is 1140. The molecule has 27 heavy (non-hydrogen) atoms. The number of aromatic nitrogens is 2. The van der Waals surface area contributed by atoms with E-state index in [0.717, 1.165) is 39.5 Å². The number of aryl methyl sites for hydroxylation is 2. The number of hydrogen-bond donors (Lipinski definition) is 0. The maximum atomic E-state index is 12.7. The Hall–Kier alpha value is -2.31. The number of pyridine rings is 1. The Kier molecular flexibility index (Phi) is 4.93. The molecule has 1 aliphatic heterocycles. The van der Waals surface area contributed by atoms with Gasteiger partial charge in [0.15, 0.2) is 5.82 Å². The lowest BCUT2D eigenvalue weighted by Gasteiger charge is -2.05. The fourth-order valence-electron chi connectivity index (χ4n) is 3.07. The van der Waals surface area contributed by atoms with E-state index in [0.29, 0.717) is 11.6 Å². The van der Waals surface area contributed by atoms with Crippen molar-refractivity contribution < 1.29 is 4.21 Å². The molecule has 1 aliphatic rings. The summed E-state index contributed by atoms with van der Waals surface area (Å²) >= 11 is 1.70. The van der Waals surface area contributed by atoms with E-state index < -0.39 is 9.73 Å². The van der Waals surface area contributed by atoms with E-state index in [4.69, 9.17) is 4.98 Å². The number of hydrogen-bond acceptors (Lipinski definition) is 5. The molecule has 0 N–H and O–H groups in total. The average Bonchev–Trinajstić information content (AvgIpc) is 3.28. The van der Waals surface area contributed by atoms with Gasteiger partial charge in [0.05, 0.1) is 25.3 Å². The van der Waals surface area contributed by atoms with Gasteiger partial charge < -0.3 is 0 Å². The van der Waals surface area contributed by atoms with E-state index >= 15 is 0 Å². The quantitative estimate of drug-likeness (QED) is 0.564.